The van der Waals surface area contributed by atoms with E-state index in [0.29, 0.717) is 17.7 Å². The predicted octanol–water partition coefficient (Wildman–Crippen LogP) is 3.09. The molecule has 0 saturated carbocycles. The van der Waals surface area contributed by atoms with Crippen LogP contribution in [0.4, 0.5) is 0 Å². The molecule has 6 heteroatoms. The lowest BCUT2D eigenvalue weighted by molar-refractivity contribution is 0.647. The second-order valence-electron chi connectivity index (χ2n) is 5.22. The first-order valence-corrected chi connectivity index (χ1v) is 8.15. The van der Waals surface area contributed by atoms with E-state index in [1.165, 1.54) is 11.3 Å². The molecule has 4 aromatic rings. The summed E-state index contributed by atoms with van der Waals surface area (Å²) in [6.07, 6.45) is 5.79. The topological polar surface area (TPSA) is 63.6 Å². The number of fused-ring (bicyclic) bond motifs is 1. The number of imidazole rings is 1. The normalized spacial score (nSPS) is 11.1. The molecule has 1 N–H and O–H groups in total. The van der Waals surface area contributed by atoms with Crippen molar-refractivity contribution in [1.29, 1.82) is 0 Å². The number of aromatic amines is 1. The summed E-state index contributed by atoms with van der Waals surface area (Å²) in [5, 5.41) is 0. The summed E-state index contributed by atoms with van der Waals surface area (Å²) >= 11 is 1.50. The molecule has 0 aliphatic heterocycles. The van der Waals surface area contributed by atoms with Gasteiger partial charge in [-0.3, -0.25) is 9.36 Å². The lowest BCUT2D eigenvalue weighted by Gasteiger charge is -2.03. The van der Waals surface area contributed by atoms with E-state index in [2.05, 4.69) is 15.0 Å². The van der Waals surface area contributed by atoms with E-state index in [-0.39, 0.29) is 5.56 Å². The number of thiophene rings is 1. The highest BCUT2D eigenvalue weighted by Gasteiger charge is 2.10. The number of hydrogen-bond acceptors (Lipinski definition) is 4. The molecule has 3 aromatic heterocycles. The molecule has 23 heavy (non-hydrogen) atoms. The molecule has 0 unspecified atom stereocenters. The predicted molar refractivity (Wildman–Crippen MR) is 91.6 cm³/mol. The Hall–Kier alpha value is -2.73. The first-order valence-electron chi connectivity index (χ1n) is 7.34. The van der Waals surface area contributed by atoms with Crippen LogP contribution in [0.5, 0.6) is 0 Å². The van der Waals surface area contributed by atoms with Crippen LogP contribution in [0, 0.1) is 0 Å². The van der Waals surface area contributed by atoms with Crippen LogP contribution in [-0.4, -0.2) is 19.5 Å². The van der Waals surface area contributed by atoms with Gasteiger partial charge in [-0.15, -0.1) is 11.3 Å². The number of rotatable bonds is 4. The zero-order valence-corrected chi connectivity index (χ0v) is 13.1. The van der Waals surface area contributed by atoms with Gasteiger partial charge in [0.2, 0.25) is 0 Å². The van der Waals surface area contributed by atoms with E-state index in [9.17, 15) is 4.79 Å². The maximum absolute atomic E-state index is 12.6. The molecule has 5 nitrogen and oxygen atoms in total. The molecule has 3 heterocycles. The Balaban J connectivity index is 1.69. The average Bonchev–Trinajstić information content (AvgIpc) is 3.25. The highest BCUT2D eigenvalue weighted by Crippen LogP contribution is 2.30. The van der Waals surface area contributed by atoms with Crippen LogP contribution in [0.1, 0.15) is 5.82 Å². The first-order chi connectivity index (χ1) is 11.3. The van der Waals surface area contributed by atoms with Gasteiger partial charge in [0.1, 0.15) is 10.5 Å². The van der Waals surface area contributed by atoms with Gasteiger partial charge in [0.05, 0.1) is 11.8 Å². The van der Waals surface area contributed by atoms with Crippen molar-refractivity contribution in [2.75, 3.05) is 0 Å². The van der Waals surface area contributed by atoms with Crippen molar-refractivity contribution >= 4 is 21.6 Å². The Morgan fingerprint density at radius 1 is 1.17 bits per heavy atom. The van der Waals surface area contributed by atoms with Crippen LogP contribution in [0.15, 0.2) is 59.9 Å². The molecule has 4 rings (SSSR count). The van der Waals surface area contributed by atoms with Gasteiger partial charge in [-0.25, -0.2) is 9.97 Å². The van der Waals surface area contributed by atoms with Gasteiger partial charge in [-0.1, -0.05) is 30.3 Å². The Kier molecular flexibility index (Phi) is 3.51. The summed E-state index contributed by atoms with van der Waals surface area (Å²) in [6, 6.07) is 12.0. The van der Waals surface area contributed by atoms with Crippen molar-refractivity contribution in [1.82, 2.24) is 19.5 Å². The summed E-state index contributed by atoms with van der Waals surface area (Å²) in [5.41, 5.74) is 1.87. The van der Waals surface area contributed by atoms with Crippen LogP contribution in [0.25, 0.3) is 20.7 Å². The van der Waals surface area contributed by atoms with Crippen molar-refractivity contribution in [3.8, 4) is 10.4 Å². The van der Waals surface area contributed by atoms with Crippen molar-refractivity contribution in [3.05, 3.63) is 71.3 Å². The summed E-state index contributed by atoms with van der Waals surface area (Å²) in [5.74, 6) is 0.869. The van der Waals surface area contributed by atoms with E-state index in [1.54, 1.807) is 23.3 Å². The van der Waals surface area contributed by atoms with E-state index in [1.807, 2.05) is 36.4 Å². The Bertz CT molecular complexity index is 987. The molecular formula is C17H14N4OS. The fraction of sp³-hybridized carbons (Fsp3) is 0.118. The van der Waals surface area contributed by atoms with Crippen molar-refractivity contribution in [3.63, 3.8) is 0 Å². The Labute approximate surface area is 136 Å². The van der Waals surface area contributed by atoms with Gasteiger partial charge in [0.15, 0.2) is 0 Å². The largest absolute Gasteiger partial charge is 0.349 e. The minimum absolute atomic E-state index is 0.00809. The summed E-state index contributed by atoms with van der Waals surface area (Å²) < 4.78 is 2.35. The molecule has 1 aromatic carbocycles. The SMILES string of the molecule is O=c1c2sc(-c3ccccc3)cc2ncn1CCc1ncc[nH]1. The van der Waals surface area contributed by atoms with Gasteiger partial charge in [0, 0.05) is 30.2 Å². The second-order valence-corrected chi connectivity index (χ2v) is 6.27. The van der Waals surface area contributed by atoms with Gasteiger partial charge < -0.3 is 4.98 Å². The van der Waals surface area contributed by atoms with Crippen LogP contribution in [-0.2, 0) is 13.0 Å². The number of aryl methyl sites for hydroxylation is 2. The molecule has 0 fully saturated rings. The maximum atomic E-state index is 12.6. The standard InChI is InChI=1S/C17H14N4OS/c22-17-16-13(10-14(23-16)12-4-2-1-3-5-12)20-11-21(17)9-6-15-18-7-8-19-15/h1-5,7-8,10-11H,6,9H2,(H,18,19). The first kappa shape index (κ1) is 13.9. The van der Waals surface area contributed by atoms with Crippen molar-refractivity contribution in [2.24, 2.45) is 0 Å². The van der Waals surface area contributed by atoms with Gasteiger partial charge in [-0.05, 0) is 11.6 Å². The van der Waals surface area contributed by atoms with Gasteiger partial charge in [-0.2, -0.15) is 0 Å². The van der Waals surface area contributed by atoms with Crippen molar-refractivity contribution < 1.29 is 0 Å². The highest BCUT2D eigenvalue weighted by molar-refractivity contribution is 7.22. The molecule has 0 amide bonds. The Morgan fingerprint density at radius 3 is 2.83 bits per heavy atom. The maximum Gasteiger partial charge on any atom is 0.271 e. The number of aromatic nitrogens is 4. The van der Waals surface area contributed by atoms with Crippen LogP contribution in [0.2, 0.25) is 0 Å². The molecule has 0 radical (unpaired) electrons. The zero-order valence-electron chi connectivity index (χ0n) is 12.3. The molecule has 0 aliphatic rings. The van der Waals surface area contributed by atoms with Crippen molar-refractivity contribution in [2.45, 2.75) is 13.0 Å². The third-order valence-electron chi connectivity index (χ3n) is 3.71. The van der Waals surface area contributed by atoms with Gasteiger partial charge >= 0.3 is 0 Å². The number of nitrogens with zero attached hydrogens (tertiary/aromatic N) is 3. The fourth-order valence-corrected chi connectivity index (χ4v) is 3.58. The molecule has 0 saturated heterocycles. The molecular weight excluding hydrogens is 308 g/mol. The quantitative estimate of drug-likeness (QED) is 0.628. The van der Waals surface area contributed by atoms with E-state index >= 15 is 0 Å². The minimum Gasteiger partial charge on any atom is -0.349 e. The third-order valence-corrected chi connectivity index (χ3v) is 4.87. The number of benzene rings is 1. The molecule has 0 bridgehead atoms. The molecule has 114 valence electrons. The third kappa shape index (κ3) is 2.68. The summed E-state index contributed by atoms with van der Waals surface area (Å²) in [6.45, 7) is 0.563. The summed E-state index contributed by atoms with van der Waals surface area (Å²) in [7, 11) is 0. The fourth-order valence-electron chi connectivity index (χ4n) is 2.51. The van der Waals surface area contributed by atoms with E-state index in [0.717, 1.165) is 21.8 Å². The molecule has 0 aliphatic carbocycles. The van der Waals surface area contributed by atoms with Crippen LogP contribution in [0.3, 0.4) is 0 Å². The van der Waals surface area contributed by atoms with Crippen LogP contribution >= 0.6 is 11.3 Å². The second kappa shape index (κ2) is 5.81. The average molecular weight is 322 g/mol. The monoisotopic (exact) mass is 322 g/mol. The van der Waals surface area contributed by atoms with Gasteiger partial charge in [0.25, 0.3) is 5.56 Å². The number of nitrogens with one attached hydrogen (secondary N) is 1. The summed E-state index contributed by atoms with van der Waals surface area (Å²) in [4.78, 5) is 25.4. The Morgan fingerprint density at radius 2 is 2.04 bits per heavy atom. The molecule has 0 spiro atoms. The van der Waals surface area contributed by atoms with Crippen LogP contribution < -0.4 is 5.56 Å². The lowest BCUT2D eigenvalue weighted by Crippen LogP contribution is -2.20. The van der Waals surface area contributed by atoms with E-state index < -0.39 is 0 Å². The minimum atomic E-state index is 0.00809. The number of hydrogen-bond donors (Lipinski definition) is 1. The smallest absolute Gasteiger partial charge is 0.271 e. The zero-order chi connectivity index (χ0) is 15.6. The van der Waals surface area contributed by atoms with E-state index in [4.69, 9.17) is 0 Å². The molecule has 0 atom stereocenters. The number of H-pyrrole nitrogens is 1. The highest BCUT2D eigenvalue weighted by atomic mass is 32.1. The lowest BCUT2D eigenvalue weighted by atomic mass is 10.2.